The molecule has 1 aliphatic rings. The SMILES string of the molecule is Nc1c2c(cc(=O)n1-c1ccc([N+](=O)[O-])cc1C(=O)c1ccccc1Cl)C(=O)NC2=O. The zero-order chi connectivity index (χ0) is 22.4. The van der Waals surface area contributed by atoms with E-state index in [0.717, 1.165) is 22.8 Å². The molecule has 4 rings (SSSR count). The summed E-state index contributed by atoms with van der Waals surface area (Å²) in [7, 11) is 0. The molecule has 2 amide bonds. The molecule has 2 aromatic carbocycles. The third-order valence-corrected chi connectivity index (χ3v) is 5.08. The molecule has 0 saturated carbocycles. The highest BCUT2D eigenvalue weighted by Gasteiger charge is 2.33. The maximum atomic E-state index is 13.2. The Morgan fingerprint density at radius 3 is 2.42 bits per heavy atom. The number of pyridine rings is 1. The zero-order valence-corrected chi connectivity index (χ0v) is 16.2. The van der Waals surface area contributed by atoms with Crippen LogP contribution in [-0.4, -0.2) is 27.1 Å². The molecule has 2 heterocycles. The number of nitrogens with zero attached hydrogens (tertiary/aromatic N) is 2. The van der Waals surface area contributed by atoms with Gasteiger partial charge >= 0.3 is 0 Å². The first-order valence-electron chi connectivity index (χ1n) is 8.70. The van der Waals surface area contributed by atoms with Crippen LogP contribution in [0.15, 0.2) is 53.3 Å². The fourth-order valence-electron chi connectivity index (χ4n) is 3.33. The molecule has 0 spiro atoms. The first-order valence-corrected chi connectivity index (χ1v) is 9.07. The van der Waals surface area contributed by atoms with E-state index in [4.69, 9.17) is 17.3 Å². The Labute approximate surface area is 178 Å². The molecular formula is C20H11ClN4O6. The summed E-state index contributed by atoms with van der Waals surface area (Å²) >= 11 is 6.11. The average molecular weight is 439 g/mol. The van der Waals surface area contributed by atoms with E-state index in [1.54, 1.807) is 12.1 Å². The first-order chi connectivity index (χ1) is 14.7. The van der Waals surface area contributed by atoms with Gasteiger partial charge in [0.15, 0.2) is 5.78 Å². The van der Waals surface area contributed by atoms with E-state index in [0.29, 0.717) is 0 Å². The van der Waals surface area contributed by atoms with Crippen LogP contribution in [0.1, 0.15) is 36.6 Å². The topological polar surface area (TPSA) is 154 Å². The summed E-state index contributed by atoms with van der Waals surface area (Å²) < 4.78 is 0.852. The van der Waals surface area contributed by atoms with Crippen LogP contribution in [0.5, 0.6) is 0 Å². The lowest BCUT2D eigenvalue weighted by molar-refractivity contribution is -0.384. The van der Waals surface area contributed by atoms with E-state index in [2.05, 4.69) is 0 Å². The molecule has 0 fully saturated rings. The van der Waals surface area contributed by atoms with Gasteiger partial charge in [-0.1, -0.05) is 23.7 Å². The van der Waals surface area contributed by atoms with Crippen molar-refractivity contribution in [2.75, 3.05) is 5.73 Å². The number of carbonyl (C=O) groups excluding carboxylic acids is 3. The molecule has 3 N–H and O–H groups in total. The second-order valence-corrected chi connectivity index (χ2v) is 6.95. The van der Waals surface area contributed by atoms with Crippen molar-refractivity contribution >= 4 is 40.7 Å². The lowest BCUT2D eigenvalue weighted by Gasteiger charge is -2.15. The van der Waals surface area contributed by atoms with Gasteiger partial charge in [-0.3, -0.25) is 39.2 Å². The van der Waals surface area contributed by atoms with E-state index in [-0.39, 0.29) is 38.8 Å². The molecule has 154 valence electrons. The van der Waals surface area contributed by atoms with E-state index < -0.39 is 33.8 Å². The number of hydrogen-bond acceptors (Lipinski definition) is 7. The molecule has 31 heavy (non-hydrogen) atoms. The number of hydrogen-bond donors (Lipinski definition) is 2. The van der Waals surface area contributed by atoms with E-state index in [9.17, 15) is 29.3 Å². The maximum Gasteiger partial charge on any atom is 0.270 e. The van der Waals surface area contributed by atoms with Gasteiger partial charge in [-0.25, -0.2) is 0 Å². The minimum absolute atomic E-state index is 0.0478. The number of nitro benzene ring substituents is 1. The number of anilines is 1. The van der Waals surface area contributed by atoms with Gasteiger partial charge < -0.3 is 5.73 Å². The second-order valence-electron chi connectivity index (χ2n) is 6.54. The normalized spacial score (nSPS) is 12.4. The standard InChI is InChI=1S/C20H11ClN4O6/c21-13-4-2-1-3-10(13)17(27)11-7-9(25(30)31)5-6-14(11)24-15(26)8-12-16(18(24)22)20(29)23-19(12)28/h1-8H,22H2,(H,23,28,29). The van der Waals surface area contributed by atoms with Crippen molar-refractivity contribution in [1.29, 1.82) is 0 Å². The molecule has 0 aliphatic carbocycles. The van der Waals surface area contributed by atoms with Crippen molar-refractivity contribution in [1.82, 2.24) is 9.88 Å². The van der Waals surface area contributed by atoms with Gasteiger partial charge in [-0.05, 0) is 18.2 Å². The number of nitrogens with two attached hydrogens (primary N) is 1. The largest absolute Gasteiger partial charge is 0.384 e. The molecule has 11 heteroatoms. The third-order valence-electron chi connectivity index (χ3n) is 4.75. The maximum absolute atomic E-state index is 13.2. The predicted molar refractivity (Wildman–Crippen MR) is 110 cm³/mol. The van der Waals surface area contributed by atoms with Crippen molar-refractivity contribution in [3.63, 3.8) is 0 Å². The molecule has 1 aliphatic heterocycles. The van der Waals surface area contributed by atoms with Gasteiger partial charge in [0.1, 0.15) is 5.82 Å². The Kier molecular flexibility index (Phi) is 4.63. The van der Waals surface area contributed by atoms with Gasteiger partial charge in [-0.15, -0.1) is 0 Å². The van der Waals surface area contributed by atoms with Crippen molar-refractivity contribution in [3.8, 4) is 5.69 Å². The van der Waals surface area contributed by atoms with Crippen LogP contribution in [0.2, 0.25) is 5.02 Å². The lowest BCUT2D eigenvalue weighted by Crippen LogP contribution is -2.25. The van der Waals surface area contributed by atoms with Crippen LogP contribution >= 0.6 is 11.6 Å². The third kappa shape index (κ3) is 3.15. The Morgan fingerprint density at radius 2 is 1.74 bits per heavy atom. The number of nitrogens with one attached hydrogen (secondary N) is 1. The summed E-state index contributed by atoms with van der Waals surface area (Å²) in [5.74, 6) is -2.65. The number of carbonyl (C=O) groups is 3. The molecule has 0 bridgehead atoms. The highest BCUT2D eigenvalue weighted by atomic mass is 35.5. The van der Waals surface area contributed by atoms with Crippen LogP contribution < -0.4 is 16.6 Å². The number of non-ortho nitro benzene ring substituents is 1. The molecule has 3 aromatic rings. The number of imide groups is 1. The number of fused-ring (bicyclic) bond motifs is 1. The number of ketones is 1. The Hall–Kier alpha value is -4.31. The van der Waals surface area contributed by atoms with Gasteiger partial charge in [-0.2, -0.15) is 0 Å². The monoisotopic (exact) mass is 438 g/mol. The Morgan fingerprint density at radius 1 is 1.03 bits per heavy atom. The number of nitro groups is 1. The zero-order valence-electron chi connectivity index (χ0n) is 15.4. The minimum atomic E-state index is -0.803. The highest BCUT2D eigenvalue weighted by Crippen LogP contribution is 2.29. The number of amides is 2. The lowest BCUT2D eigenvalue weighted by atomic mass is 10.00. The van der Waals surface area contributed by atoms with E-state index in [1.807, 2.05) is 5.32 Å². The van der Waals surface area contributed by atoms with Gasteiger partial charge in [0.05, 0.1) is 32.3 Å². The molecule has 10 nitrogen and oxygen atoms in total. The number of nitrogen functional groups attached to an aromatic ring is 1. The van der Waals surface area contributed by atoms with Crippen LogP contribution in [0.3, 0.4) is 0 Å². The minimum Gasteiger partial charge on any atom is -0.384 e. The fraction of sp³-hybridized carbons (Fsp3) is 0. The van der Waals surface area contributed by atoms with Gasteiger partial charge in [0.25, 0.3) is 23.1 Å². The van der Waals surface area contributed by atoms with Crippen LogP contribution in [0, 0.1) is 10.1 Å². The number of halogens is 1. The van der Waals surface area contributed by atoms with Crippen molar-refractivity contribution in [3.05, 3.63) is 96.3 Å². The molecule has 1 aromatic heterocycles. The smallest absolute Gasteiger partial charge is 0.270 e. The van der Waals surface area contributed by atoms with Crippen molar-refractivity contribution in [2.45, 2.75) is 0 Å². The molecule has 0 radical (unpaired) electrons. The summed E-state index contributed by atoms with van der Waals surface area (Å²) in [6, 6.07) is 10.2. The number of benzene rings is 2. The molecular weight excluding hydrogens is 428 g/mol. The summed E-state index contributed by atoms with van der Waals surface area (Å²) in [6.45, 7) is 0. The highest BCUT2D eigenvalue weighted by molar-refractivity contribution is 6.35. The molecule has 0 atom stereocenters. The molecule has 0 unspecified atom stereocenters. The van der Waals surface area contributed by atoms with Crippen LogP contribution in [-0.2, 0) is 0 Å². The number of aromatic nitrogens is 1. The van der Waals surface area contributed by atoms with Crippen LogP contribution in [0.25, 0.3) is 5.69 Å². The predicted octanol–water partition coefficient (Wildman–Crippen LogP) is 2.10. The van der Waals surface area contributed by atoms with E-state index >= 15 is 0 Å². The summed E-state index contributed by atoms with van der Waals surface area (Å²) in [5.41, 5.74) is 4.12. The van der Waals surface area contributed by atoms with E-state index in [1.165, 1.54) is 18.2 Å². The van der Waals surface area contributed by atoms with Gasteiger partial charge in [0.2, 0.25) is 0 Å². The Balaban J connectivity index is 2.03. The van der Waals surface area contributed by atoms with Crippen molar-refractivity contribution < 1.29 is 19.3 Å². The number of rotatable bonds is 4. The summed E-state index contributed by atoms with van der Waals surface area (Å²) in [5, 5.41) is 13.4. The first kappa shape index (κ1) is 20.0. The molecule has 0 saturated heterocycles. The summed E-state index contributed by atoms with van der Waals surface area (Å²) in [4.78, 5) is 60.5. The fourth-order valence-corrected chi connectivity index (χ4v) is 3.55. The van der Waals surface area contributed by atoms with Crippen molar-refractivity contribution in [2.24, 2.45) is 0 Å². The summed E-state index contributed by atoms with van der Waals surface area (Å²) in [6.07, 6.45) is 0. The van der Waals surface area contributed by atoms with Gasteiger partial charge in [0, 0.05) is 23.8 Å². The quantitative estimate of drug-likeness (QED) is 0.273. The average Bonchev–Trinajstić information content (AvgIpc) is 3.01. The Bertz CT molecular complexity index is 1390. The van der Waals surface area contributed by atoms with Crippen LogP contribution in [0.4, 0.5) is 11.5 Å². The second kappa shape index (κ2) is 7.18.